The minimum Gasteiger partial charge on any atom is -0.406 e. The van der Waals surface area contributed by atoms with Gasteiger partial charge in [0, 0.05) is 0 Å². The molecule has 1 heterocycles. The van der Waals surface area contributed by atoms with E-state index in [1.54, 1.807) is 0 Å². The lowest BCUT2D eigenvalue weighted by Gasteiger charge is -2.46. The Labute approximate surface area is 166 Å². The molecule has 0 unspecified atom stereocenters. The van der Waals surface area contributed by atoms with Crippen molar-refractivity contribution in [1.29, 1.82) is 0 Å². The van der Waals surface area contributed by atoms with Crippen molar-refractivity contribution in [3.63, 3.8) is 0 Å². The maximum atomic E-state index is 13.2. The van der Waals surface area contributed by atoms with Crippen molar-refractivity contribution in [1.82, 2.24) is 0 Å². The van der Waals surface area contributed by atoms with E-state index in [1.165, 1.54) is 0 Å². The minimum atomic E-state index is -5.35. The monoisotopic (exact) mass is 437 g/mol. The summed E-state index contributed by atoms with van der Waals surface area (Å²) in [5.41, 5.74) is 8.99. The number of Topliss-reactive ketones (excluding diaryl/α,β-unsaturated/α-hetero) is 1. The van der Waals surface area contributed by atoms with Crippen molar-refractivity contribution < 1.29 is 35.9 Å². The molecule has 4 N–H and O–H groups in total. The molecule has 0 amide bonds. The molecule has 7 nitrogen and oxygen atoms in total. The first-order valence-corrected chi connectivity index (χ1v) is 8.83. The largest absolute Gasteiger partial charge is 0.573 e. The predicted octanol–water partition coefficient (Wildman–Crippen LogP) is 3.44. The van der Waals surface area contributed by atoms with Gasteiger partial charge in [-0.15, -0.1) is 13.2 Å². The van der Waals surface area contributed by atoms with Gasteiger partial charge in [-0.25, -0.2) is 4.99 Å². The van der Waals surface area contributed by atoms with E-state index in [1.807, 2.05) is 0 Å². The summed E-state index contributed by atoms with van der Waals surface area (Å²) in [7, 11) is 0. The Morgan fingerprint density at radius 2 is 1.70 bits per heavy atom. The Bertz CT molecular complexity index is 903. The van der Waals surface area contributed by atoms with Crippen LogP contribution in [0.1, 0.15) is 42.5 Å². The number of hydrogen-bond donors (Lipinski definition) is 2. The molecule has 1 saturated carbocycles. The summed E-state index contributed by atoms with van der Waals surface area (Å²) in [6.07, 6.45) is -7.66. The Morgan fingerprint density at radius 3 is 2.27 bits per heavy atom. The quantitative estimate of drug-likeness (QED) is 0.557. The third kappa shape index (κ3) is 4.28. The number of benzene rings is 1. The molecular formula is C17H17F6N5O2. The molecule has 1 fully saturated rings. The van der Waals surface area contributed by atoms with Gasteiger partial charge in [-0.05, 0) is 43.9 Å². The van der Waals surface area contributed by atoms with Gasteiger partial charge in [-0.2, -0.15) is 18.2 Å². The highest BCUT2D eigenvalue weighted by Crippen LogP contribution is 2.42. The summed E-state index contributed by atoms with van der Waals surface area (Å²) < 4.78 is 80.9. The minimum absolute atomic E-state index is 0.175. The second-order valence-electron chi connectivity index (χ2n) is 6.87. The lowest BCUT2D eigenvalue weighted by atomic mass is 9.86. The number of nitrogens with zero attached hydrogens (tertiary/aromatic N) is 3. The topological polar surface area (TPSA) is 106 Å². The van der Waals surface area contributed by atoms with E-state index in [4.69, 9.17) is 11.5 Å². The van der Waals surface area contributed by atoms with Crippen LogP contribution in [-0.2, 0) is 0 Å². The number of rotatable bonds is 3. The van der Waals surface area contributed by atoms with Gasteiger partial charge in [0.05, 0.1) is 11.3 Å². The van der Waals surface area contributed by atoms with E-state index >= 15 is 0 Å². The van der Waals surface area contributed by atoms with Crippen molar-refractivity contribution in [2.45, 2.75) is 50.3 Å². The number of anilines is 1. The van der Waals surface area contributed by atoms with Gasteiger partial charge in [0.25, 0.3) is 5.78 Å². The van der Waals surface area contributed by atoms with Crippen molar-refractivity contribution in [3.8, 4) is 5.75 Å². The number of aliphatic imine (C=N–C) groups is 2. The third-order valence-electron chi connectivity index (χ3n) is 4.80. The molecule has 2 aliphatic rings. The molecule has 0 saturated heterocycles. The van der Waals surface area contributed by atoms with Gasteiger partial charge in [-0.1, -0.05) is 6.42 Å². The summed E-state index contributed by atoms with van der Waals surface area (Å²) in [6, 6.07) is 2.07. The highest BCUT2D eigenvalue weighted by molar-refractivity contribution is 6.12. The maximum absolute atomic E-state index is 13.2. The summed E-state index contributed by atoms with van der Waals surface area (Å²) >= 11 is 0. The fourth-order valence-electron chi connectivity index (χ4n) is 3.71. The number of ether oxygens (including phenoxy) is 1. The molecule has 0 radical (unpaired) electrons. The van der Waals surface area contributed by atoms with E-state index in [2.05, 4.69) is 14.7 Å². The number of halogens is 6. The highest BCUT2D eigenvalue weighted by Gasteiger charge is 2.47. The fraction of sp³-hybridized carbons (Fsp3) is 0.471. The zero-order chi connectivity index (χ0) is 22.3. The molecule has 1 spiro atoms. The SMILES string of the molecule is NC1=NC2(CCCCC2)N(c2ccc(OC(F)(F)F)cc2C(=O)C(F)(F)F)C(N)=N1. The number of carbonyl (C=O) groups excluding carboxylic acids is 1. The van der Waals surface area contributed by atoms with Crippen LogP contribution in [0.25, 0.3) is 0 Å². The smallest absolute Gasteiger partial charge is 0.406 e. The zero-order valence-electron chi connectivity index (χ0n) is 15.3. The average molecular weight is 437 g/mol. The van der Waals surface area contributed by atoms with Crippen LogP contribution in [0.4, 0.5) is 32.0 Å². The van der Waals surface area contributed by atoms with E-state index in [-0.39, 0.29) is 17.6 Å². The van der Waals surface area contributed by atoms with Crippen molar-refractivity contribution in [3.05, 3.63) is 23.8 Å². The first-order chi connectivity index (χ1) is 13.8. The summed E-state index contributed by atoms with van der Waals surface area (Å²) in [4.78, 5) is 21.3. The normalized spacial score (nSPS) is 19.3. The van der Waals surface area contributed by atoms with Crippen molar-refractivity contribution >= 4 is 23.4 Å². The van der Waals surface area contributed by atoms with E-state index < -0.39 is 35.3 Å². The van der Waals surface area contributed by atoms with Crippen LogP contribution in [0.15, 0.2) is 28.2 Å². The van der Waals surface area contributed by atoms with Crippen LogP contribution >= 0.6 is 0 Å². The number of ketones is 1. The van der Waals surface area contributed by atoms with Crippen LogP contribution in [-0.4, -0.2) is 35.9 Å². The van der Waals surface area contributed by atoms with E-state index in [9.17, 15) is 31.1 Å². The Morgan fingerprint density at radius 1 is 1.07 bits per heavy atom. The van der Waals surface area contributed by atoms with Crippen molar-refractivity contribution in [2.75, 3.05) is 4.90 Å². The number of nitrogens with two attached hydrogens (primary N) is 2. The Balaban J connectivity index is 2.17. The number of hydrogen-bond acceptors (Lipinski definition) is 7. The fourth-order valence-corrected chi connectivity index (χ4v) is 3.71. The third-order valence-corrected chi connectivity index (χ3v) is 4.80. The van der Waals surface area contributed by atoms with Gasteiger partial charge in [0.1, 0.15) is 11.4 Å². The summed E-state index contributed by atoms with van der Waals surface area (Å²) in [5.74, 6) is -3.82. The standard InChI is InChI=1S/C17H17F6N5O2/c18-16(19,20)12(29)10-8-9(30-17(21,22)23)4-5-11(10)28-14(25)26-13(24)27-15(28)6-2-1-3-7-15/h4-5,8H,1-3,6-7H2,(H4,24,25,26,27). The van der Waals surface area contributed by atoms with Gasteiger partial charge in [0.15, 0.2) is 0 Å². The van der Waals surface area contributed by atoms with Crippen LogP contribution in [0.2, 0.25) is 0 Å². The molecule has 3 rings (SSSR count). The van der Waals surface area contributed by atoms with Crippen LogP contribution in [0.3, 0.4) is 0 Å². The van der Waals surface area contributed by atoms with Gasteiger partial charge in [-0.3, -0.25) is 9.69 Å². The van der Waals surface area contributed by atoms with E-state index in [0.717, 1.165) is 23.5 Å². The molecule has 0 bridgehead atoms. The van der Waals surface area contributed by atoms with Gasteiger partial charge >= 0.3 is 12.5 Å². The predicted molar refractivity (Wildman–Crippen MR) is 95.1 cm³/mol. The molecule has 0 atom stereocenters. The molecule has 1 aliphatic heterocycles. The number of alkyl halides is 6. The molecular weight excluding hydrogens is 420 g/mol. The molecule has 1 aliphatic carbocycles. The summed E-state index contributed by atoms with van der Waals surface area (Å²) in [6.45, 7) is 0. The number of guanidine groups is 2. The molecule has 164 valence electrons. The molecule has 1 aromatic rings. The van der Waals surface area contributed by atoms with Crippen LogP contribution in [0.5, 0.6) is 5.75 Å². The van der Waals surface area contributed by atoms with Crippen LogP contribution in [0, 0.1) is 0 Å². The first kappa shape index (κ1) is 21.7. The molecule has 0 aromatic heterocycles. The lowest BCUT2D eigenvalue weighted by molar-refractivity contribution is -0.274. The van der Waals surface area contributed by atoms with Crippen LogP contribution < -0.4 is 21.1 Å². The lowest BCUT2D eigenvalue weighted by Crippen LogP contribution is -2.58. The average Bonchev–Trinajstić information content (AvgIpc) is 2.60. The van der Waals surface area contributed by atoms with E-state index in [0.29, 0.717) is 31.7 Å². The van der Waals surface area contributed by atoms with Gasteiger partial charge < -0.3 is 16.2 Å². The first-order valence-electron chi connectivity index (χ1n) is 8.83. The highest BCUT2D eigenvalue weighted by atomic mass is 19.4. The Kier molecular flexibility index (Phi) is 5.33. The zero-order valence-corrected chi connectivity index (χ0v) is 15.3. The second-order valence-corrected chi connectivity index (χ2v) is 6.87. The van der Waals surface area contributed by atoms with Gasteiger partial charge in [0.2, 0.25) is 11.9 Å². The molecule has 30 heavy (non-hydrogen) atoms. The summed E-state index contributed by atoms with van der Waals surface area (Å²) in [5, 5.41) is 0. The number of carbonyl (C=O) groups is 1. The Hall–Kier alpha value is -2.99. The van der Waals surface area contributed by atoms with Crippen molar-refractivity contribution in [2.24, 2.45) is 21.5 Å². The molecule has 1 aromatic carbocycles. The maximum Gasteiger partial charge on any atom is 0.573 e. The second kappa shape index (κ2) is 7.36. The molecule has 13 heteroatoms.